The highest BCUT2D eigenvalue weighted by Crippen LogP contribution is 2.30. The van der Waals surface area contributed by atoms with E-state index >= 15 is 0 Å². The molecule has 3 nitrogen and oxygen atoms in total. The fourth-order valence-corrected chi connectivity index (χ4v) is 3.23. The van der Waals surface area contributed by atoms with Crippen LogP contribution in [0.1, 0.15) is 39.0 Å². The van der Waals surface area contributed by atoms with Gasteiger partial charge in [-0.1, -0.05) is 19.8 Å². The predicted molar refractivity (Wildman–Crippen MR) is 64.9 cm³/mol. The lowest BCUT2D eigenvalue weighted by molar-refractivity contribution is -0.128. The van der Waals surface area contributed by atoms with Crippen LogP contribution in [0.15, 0.2) is 0 Å². The van der Waals surface area contributed by atoms with Gasteiger partial charge in [0.15, 0.2) is 0 Å². The smallest absolute Gasteiger partial charge is 0.222 e. The van der Waals surface area contributed by atoms with E-state index in [4.69, 9.17) is 5.73 Å². The number of carbonyl (C=O) groups excluding carboxylic acids is 1. The van der Waals surface area contributed by atoms with Crippen LogP contribution in [0.3, 0.4) is 0 Å². The number of rotatable bonds is 3. The number of carbonyl (C=O) groups is 1. The molecule has 0 bridgehead atoms. The van der Waals surface area contributed by atoms with Gasteiger partial charge in [0.1, 0.15) is 0 Å². The van der Waals surface area contributed by atoms with E-state index in [1.54, 1.807) is 0 Å². The van der Waals surface area contributed by atoms with Gasteiger partial charge in [0.2, 0.25) is 5.91 Å². The second kappa shape index (κ2) is 5.17. The molecule has 92 valence electrons. The molecule has 1 heterocycles. The van der Waals surface area contributed by atoms with Gasteiger partial charge in [-0.15, -0.1) is 0 Å². The van der Waals surface area contributed by atoms with Crippen molar-refractivity contribution in [3.8, 4) is 0 Å². The summed E-state index contributed by atoms with van der Waals surface area (Å²) in [5, 5.41) is 0. The third kappa shape index (κ3) is 2.76. The highest BCUT2D eigenvalue weighted by molar-refractivity contribution is 5.78. The normalized spacial score (nSPS) is 35.8. The molecule has 0 radical (unpaired) electrons. The second-order valence-corrected chi connectivity index (χ2v) is 5.74. The molecule has 1 aliphatic carbocycles. The lowest BCUT2D eigenvalue weighted by atomic mass is 9.82. The Morgan fingerprint density at radius 2 is 2.19 bits per heavy atom. The minimum Gasteiger partial charge on any atom is -0.342 e. The SMILES string of the molecule is CC1CCCC(CN2CC(CN)CC2=O)C1. The Kier molecular flexibility index (Phi) is 3.85. The predicted octanol–water partition coefficient (Wildman–Crippen LogP) is 1.62. The monoisotopic (exact) mass is 224 g/mol. The van der Waals surface area contributed by atoms with Crippen LogP contribution in [-0.2, 0) is 4.79 Å². The van der Waals surface area contributed by atoms with E-state index in [9.17, 15) is 4.79 Å². The summed E-state index contributed by atoms with van der Waals surface area (Å²) in [4.78, 5) is 13.8. The molecule has 2 fully saturated rings. The molecule has 0 spiro atoms. The zero-order chi connectivity index (χ0) is 11.5. The quantitative estimate of drug-likeness (QED) is 0.792. The Labute approximate surface area is 98.4 Å². The van der Waals surface area contributed by atoms with Gasteiger partial charge in [0, 0.05) is 19.5 Å². The van der Waals surface area contributed by atoms with E-state index in [-0.39, 0.29) is 0 Å². The molecule has 0 aromatic heterocycles. The van der Waals surface area contributed by atoms with Gasteiger partial charge >= 0.3 is 0 Å². The summed E-state index contributed by atoms with van der Waals surface area (Å²) in [7, 11) is 0. The summed E-state index contributed by atoms with van der Waals surface area (Å²) in [6.07, 6.45) is 6.00. The van der Waals surface area contributed by atoms with Gasteiger partial charge in [-0.05, 0) is 37.1 Å². The summed E-state index contributed by atoms with van der Waals surface area (Å²) in [6.45, 7) is 4.88. The summed E-state index contributed by atoms with van der Waals surface area (Å²) < 4.78 is 0. The average molecular weight is 224 g/mol. The minimum absolute atomic E-state index is 0.327. The van der Waals surface area contributed by atoms with Crippen LogP contribution < -0.4 is 5.73 Å². The van der Waals surface area contributed by atoms with Crippen LogP contribution in [-0.4, -0.2) is 30.4 Å². The third-order valence-corrected chi connectivity index (χ3v) is 4.15. The molecular weight excluding hydrogens is 200 g/mol. The Balaban J connectivity index is 1.82. The van der Waals surface area contributed by atoms with Gasteiger partial charge in [0.05, 0.1) is 0 Å². The highest BCUT2D eigenvalue weighted by atomic mass is 16.2. The molecule has 1 amide bonds. The summed E-state index contributed by atoms with van der Waals surface area (Å²) in [5.74, 6) is 2.33. The van der Waals surface area contributed by atoms with E-state index < -0.39 is 0 Å². The molecule has 2 N–H and O–H groups in total. The Morgan fingerprint density at radius 1 is 1.38 bits per heavy atom. The molecule has 1 saturated carbocycles. The van der Waals surface area contributed by atoms with Crippen molar-refractivity contribution in [2.24, 2.45) is 23.5 Å². The van der Waals surface area contributed by atoms with E-state index in [1.807, 2.05) is 0 Å². The van der Waals surface area contributed by atoms with E-state index in [0.29, 0.717) is 24.8 Å². The van der Waals surface area contributed by atoms with E-state index in [1.165, 1.54) is 25.7 Å². The largest absolute Gasteiger partial charge is 0.342 e. The van der Waals surface area contributed by atoms with Crippen molar-refractivity contribution >= 4 is 5.91 Å². The number of likely N-dealkylation sites (tertiary alicyclic amines) is 1. The van der Waals surface area contributed by atoms with Gasteiger partial charge in [-0.25, -0.2) is 0 Å². The molecule has 0 aromatic rings. The molecule has 3 heteroatoms. The Bertz CT molecular complexity index is 254. The first-order chi connectivity index (χ1) is 7.69. The number of amides is 1. The number of nitrogens with two attached hydrogens (primary N) is 1. The van der Waals surface area contributed by atoms with Crippen molar-refractivity contribution in [1.29, 1.82) is 0 Å². The fourth-order valence-electron chi connectivity index (χ4n) is 3.23. The van der Waals surface area contributed by atoms with Crippen molar-refractivity contribution in [2.45, 2.75) is 39.0 Å². The first kappa shape index (κ1) is 11.9. The van der Waals surface area contributed by atoms with Crippen molar-refractivity contribution in [3.63, 3.8) is 0 Å². The summed E-state index contributed by atoms with van der Waals surface area (Å²) in [6, 6.07) is 0. The first-order valence-corrected chi connectivity index (χ1v) is 6.67. The second-order valence-electron chi connectivity index (χ2n) is 5.74. The van der Waals surface area contributed by atoms with Gasteiger partial charge in [-0.3, -0.25) is 4.79 Å². The maximum atomic E-state index is 11.8. The maximum absolute atomic E-state index is 11.8. The molecule has 16 heavy (non-hydrogen) atoms. The molecule has 2 rings (SSSR count). The Hall–Kier alpha value is -0.570. The number of hydrogen-bond donors (Lipinski definition) is 1. The first-order valence-electron chi connectivity index (χ1n) is 6.67. The zero-order valence-electron chi connectivity index (χ0n) is 10.3. The van der Waals surface area contributed by atoms with E-state index in [0.717, 1.165) is 24.9 Å². The van der Waals surface area contributed by atoms with Gasteiger partial charge in [0.25, 0.3) is 0 Å². The lowest BCUT2D eigenvalue weighted by Crippen LogP contribution is -2.33. The van der Waals surface area contributed by atoms with Crippen molar-refractivity contribution in [2.75, 3.05) is 19.6 Å². The average Bonchev–Trinajstić information content (AvgIpc) is 2.60. The lowest BCUT2D eigenvalue weighted by Gasteiger charge is -2.30. The molecular formula is C13H24N2O. The molecule has 1 aliphatic heterocycles. The van der Waals surface area contributed by atoms with Crippen molar-refractivity contribution < 1.29 is 4.79 Å². The Morgan fingerprint density at radius 3 is 2.81 bits per heavy atom. The van der Waals surface area contributed by atoms with Crippen LogP contribution in [0, 0.1) is 17.8 Å². The fraction of sp³-hybridized carbons (Fsp3) is 0.923. The standard InChI is InChI=1S/C13H24N2O/c1-10-3-2-4-11(5-10)8-15-9-12(7-14)6-13(15)16/h10-12H,2-9,14H2,1H3. The molecule has 1 saturated heterocycles. The summed E-state index contributed by atoms with van der Waals surface area (Å²) >= 11 is 0. The van der Waals surface area contributed by atoms with E-state index in [2.05, 4.69) is 11.8 Å². The minimum atomic E-state index is 0.327. The molecule has 3 atom stereocenters. The topological polar surface area (TPSA) is 46.3 Å². The van der Waals surface area contributed by atoms with Crippen LogP contribution >= 0.6 is 0 Å². The van der Waals surface area contributed by atoms with Crippen LogP contribution in [0.2, 0.25) is 0 Å². The highest BCUT2D eigenvalue weighted by Gasteiger charge is 2.31. The van der Waals surface area contributed by atoms with Crippen molar-refractivity contribution in [1.82, 2.24) is 4.90 Å². The van der Waals surface area contributed by atoms with Crippen molar-refractivity contribution in [3.05, 3.63) is 0 Å². The van der Waals surface area contributed by atoms with Crippen LogP contribution in [0.5, 0.6) is 0 Å². The van der Waals surface area contributed by atoms with Gasteiger partial charge < -0.3 is 10.6 Å². The maximum Gasteiger partial charge on any atom is 0.222 e. The molecule has 3 unspecified atom stereocenters. The number of hydrogen-bond acceptors (Lipinski definition) is 2. The summed E-state index contributed by atoms with van der Waals surface area (Å²) in [5.41, 5.74) is 5.63. The molecule has 2 aliphatic rings. The van der Waals surface area contributed by atoms with Crippen LogP contribution in [0.25, 0.3) is 0 Å². The number of nitrogens with zero attached hydrogens (tertiary/aromatic N) is 1. The zero-order valence-corrected chi connectivity index (χ0v) is 10.3. The molecule has 0 aromatic carbocycles. The van der Waals surface area contributed by atoms with Gasteiger partial charge in [-0.2, -0.15) is 0 Å². The van der Waals surface area contributed by atoms with Crippen LogP contribution in [0.4, 0.5) is 0 Å². The third-order valence-electron chi connectivity index (χ3n) is 4.15.